The molecule has 1 saturated heterocycles. The van der Waals surface area contributed by atoms with Gasteiger partial charge in [-0.15, -0.1) is 0 Å². The Morgan fingerprint density at radius 3 is 2.62 bits per heavy atom. The fourth-order valence-corrected chi connectivity index (χ4v) is 3.83. The summed E-state index contributed by atoms with van der Waals surface area (Å²) in [5, 5.41) is 7.41. The summed E-state index contributed by atoms with van der Waals surface area (Å²) >= 11 is 0. The van der Waals surface area contributed by atoms with Gasteiger partial charge < -0.3 is 10.2 Å². The van der Waals surface area contributed by atoms with Gasteiger partial charge in [0.05, 0.1) is 12.2 Å². The number of hydrogen-bond donors (Lipinski definition) is 1. The summed E-state index contributed by atoms with van der Waals surface area (Å²) in [6, 6.07) is 8.21. The van der Waals surface area contributed by atoms with E-state index >= 15 is 0 Å². The number of amides is 1. The molecule has 3 aromatic rings. The summed E-state index contributed by atoms with van der Waals surface area (Å²) in [5.41, 5.74) is 2.51. The van der Waals surface area contributed by atoms with Gasteiger partial charge in [-0.05, 0) is 43.9 Å². The number of fused-ring (bicyclic) bond motifs is 1. The first-order valence-corrected chi connectivity index (χ1v) is 10.0. The smallest absolute Gasteiger partial charge is 0.264 e. The Bertz CT molecular complexity index is 1060. The fraction of sp³-hybridized carbons (Fsp3) is 0.429. The number of carbonyl (C=O) groups excluding carboxylic acids is 1. The second-order valence-corrected chi connectivity index (χ2v) is 7.61. The second-order valence-electron chi connectivity index (χ2n) is 7.61. The molecule has 0 spiro atoms. The van der Waals surface area contributed by atoms with E-state index in [0.29, 0.717) is 11.0 Å². The summed E-state index contributed by atoms with van der Waals surface area (Å²) < 4.78 is 2.85. The third-order valence-electron chi connectivity index (χ3n) is 5.52. The molecule has 1 aromatic carbocycles. The third kappa shape index (κ3) is 4.01. The molecule has 4 rings (SSSR count). The third-order valence-corrected chi connectivity index (χ3v) is 5.52. The maximum absolute atomic E-state index is 12.5. The number of rotatable bonds is 5. The highest BCUT2D eigenvalue weighted by Gasteiger charge is 2.15. The maximum atomic E-state index is 12.5. The summed E-state index contributed by atoms with van der Waals surface area (Å²) in [6.45, 7) is 4.08. The monoisotopic (exact) mass is 394 g/mol. The molecule has 1 aliphatic heterocycles. The van der Waals surface area contributed by atoms with Crippen molar-refractivity contribution >= 4 is 22.6 Å². The molecule has 29 heavy (non-hydrogen) atoms. The number of aryl methyl sites for hydroxylation is 1. The average Bonchev–Trinajstić information content (AvgIpc) is 3.12. The number of nitrogens with one attached hydrogen (secondary N) is 1. The van der Waals surface area contributed by atoms with Gasteiger partial charge in [-0.1, -0.05) is 12.1 Å². The van der Waals surface area contributed by atoms with E-state index in [1.54, 1.807) is 7.05 Å². The van der Waals surface area contributed by atoms with Gasteiger partial charge in [0.2, 0.25) is 5.91 Å². The number of nitrogens with zero attached hydrogens (tertiary/aromatic N) is 5. The SMILES string of the molecule is C[C@H](NC(=O)Cn1cnc2c(cnn2C)c1=O)c1ccc(N2CCCCC2)cc1. The van der Waals surface area contributed by atoms with Crippen LogP contribution in [0.25, 0.3) is 11.0 Å². The van der Waals surface area contributed by atoms with Crippen LogP contribution < -0.4 is 15.8 Å². The zero-order chi connectivity index (χ0) is 20.4. The molecule has 152 valence electrons. The van der Waals surface area contributed by atoms with Gasteiger partial charge in [-0.2, -0.15) is 5.10 Å². The fourth-order valence-electron chi connectivity index (χ4n) is 3.83. The van der Waals surface area contributed by atoms with Gasteiger partial charge in [0, 0.05) is 25.8 Å². The van der Waals surface area contributed by atoms with E-state index in [1.807, 2.05) is 6.92 Å². The summed E-state index contributed by atoms with van der Waals surface area (Å²) in [6.07, 6.45) is 6.67. The van der Waals surface area contributed by atoms with Crippen LogP contribution in [0.5, 0.6) is 0 Å². The molecular weight excluding hydrogens is 368 g/mol. The second kappa shape index (κ2) is 8.06. The van der Waals surface area contributed by atoms with Crippen molar-refractivity contribution in [2.45, 2.75) is 38.8 Å². The quantitative estimate of drug-likeness (QED) is 0.715. The molecule has 1 aliphatic rings. The molecule has 3 heterocycles. The van der Waals surface area contributed by atoms with Crippen molar-refractivity contribution in [1.29, 1.82) is 0 Å². The minimum atomic E-state index is -0.267. The Morgan fingerprint density at radius 1 is 1.17 bits per heavy atom. The summed E-state index contributed by atoms with van der Waals surface area (Å²) in [7, 11) is 1.73. The van der Waals surface area contributed by atoms with Gasteiger partial charge in [0.1, 0.15) is 18.3 Å². The highest BCUT2D eigenvalue weighted by atomic mass is 16.2. The molecule has 0 bridgehead atoms. The van der Waals surface area contributed by atoms with Gasteiger partial charge in [0.25, 0.3) is 5.56 Å². The average molecular weight is 394 g/mol. The Morgan fingerprint density at radius 2 is 1.90 bits per heavy atom. The van der Waals surface area contributed by atoms with Crippen LogP contribution in [0.1, 0.15) is 37.8 Å². The zero-order valence-electron chi connectivity index (χ0n) is 16.8. The lowest BCUT2D eigenvalue weighted by Crippen LogP contribution is -2.34. The van der Waals surface area contributed by atoms with Gasteiger partial charge in [-0.25, -0.2) is 4.98 Å². The maximum Gasteiger partial charge on any atom is 0.264 e. The van der Waals surface area contributed by atoms with Crippen LogP contribution in [0.3, 0.4) is 0 Å². The van der Waals surface area contributed by atoms with E-state index in [2.05, 4.69) is 44.6 Å². The minimum Gasteiger partial charge on any atom is -0.372 e. The minimum absolute atomic E-state index is 0.0765. The number of hydrogen-bond acceptors (Lipinski definition) is 5. The molecule has 0 aliphatic carbocycles. The number of carbonyl (C=O) groups is 1. The summed E-state index contributed by atoms with van der Waals surface area (Å²) in [5.74, 6) is -0.232. The van der Waals surface area contributed by atoms with E-state index in [1.165, 1.54) is 46.7 Å². The van der Waals surface area contributed by atoms with Crippen LogP contribution in [0.4, 0.5) is 5.69 Å². The summed E-state index contributed by atoms with van der Waals surface area (Å²) in [4.78, 5) is 31.6. The van der Waals surface area contributed by atoms with E-state index in [9.17, 15) is 9.59 Å². The number of aromatic nitrogens is 4. The van der Waals surface area contributed by atoms with Crippen LogP contribution in [0.15, 0.2) is 41.6 Å². The standard InChI is InChI=1S/C21H26N6O2/c1-15(16-6-8-17(9-7-16)26-10-4-3-5-11-26)24-19(28)13-27-14-22-20-18(21(27)29)12-23-25(20)2/h6-9,12,14-15H,3-5,10-11,13H2,1-2H3,(H,24,28)/t15-/m0/s1. The van der Waals surface area contributed by atoms with E-state index < -0.39 is 0 Å². The molecule has 1 fully saturated rings. The predicted molar refractivity (Wildman–Crippen MR) is 112 cm³/mol. The Balaban J connectivity index is 1.40. The molecule has 0 unspecified atom stereocenters. The molecule has 0 saturated carbocycles. The van der Waals surface area contributed by atoms with Crippen molar-refractivity contribution in [3.63, 3.8) is 0 Å². The first-order chi connectivity index (χ1) is 14.0. The molecule has 1 N–H and O–H groups in total. The highest BCUT2D eigenvalue weighted by Crippen LogP contribution is 2.22. The molecule has 0 radical (unpaired) electrons. The van der Waals surface area contributed by atoms with Crippen molar-refractivity contribution in [3.8, 4) is 0 Å². The molecular formula is C21H26N6O2. The van der Waals surface area contributed by atoms with Crippen molar-refractivity contribution in [3.05, 3.63) is 52.7 Å². The molecule has 8 nitrogen and oxygen atoms in total. The molecule has 2 aromatic heterocycles. The predicted octanol–water partition coefficient (Wildman–Crippen LogP) is 2.00. The van der Waals surface area contributed by atoms with Crippen LogP contribution in [-0.4, -0.2) is 38.3 Å². The number of piperidine rings is 1. The Labute approximate surface area is 169 Å². The van der Waals surface area contributed by atoms with E-state index in [0.717, 1.165) is 18.7 Å². The Hall–Kier alpha value is -3.16. The van der Waals surface area contributed by atoms with Crippen molar-refractivity contribution in [2.24, 2.45) is 7.05 Å². The van der Waals surface area contributed by atoms with Crippen molar-refractivity contribution < 1.29 is 4.79 Å². The van der Waals surface area contributed by atoms with Crippen molar-refractivity contribution in [1.82, 2.24) is 24.6 Å². The van der Waals surface area contributed by atoms with E-state index in [4.69, 9.17) is 0 Å². The Kier molecular flexibility index (Phi) is 5.33. The highest BCUT2D eigenvalue weighted by molar-refractivity contribution is 5.77. The topological polar surface area (TPSA) is 85.0 Å². The lowest BCUT2D eigenvalue weighted by atomic mass is 10.1. The van der Waals surface area contributed by atoms with Crippen LogP contribution >= 0.6 is 0 Å². The first-order valence-electron chi connectivity index (χ1n) is 10.0. The van der Waals surface area contributed by atoms with Crippen LogP contribution in [-0.2, 0) is 18.4 Å². The first kappa shape index (κ1) is 19.2. The number of anilines is 1. The molecule has 1 atom stereocenters. The van der Waals surface area contributed by atoms with Gasteiger partial charge in [0.15, 0.2) is 5.65 Å². The largest absolute Gasteiger partial charge is 0.372 e. The lowest BCUT2D eigenvalue weighted by molar-refractivity contribution is -0.122. The van der Waals surface area contributed by atoms with Crippen LogP contribution in [0, 0.1) is 0 Å². The normalized spacial score (nSPS) is 15.4. The molecule has 1 amide bonds. The van der Waals surface area contributed by atoms with Gasteiger partial charge >= 0.3 is 0 Å². The number of benzene rings is 1. The van der Waals surface area contributed by atoms with E-state index in [-0.39, 0.29) is 24.1 Å². The lowest BCUT2D eigenvalue weighted by Gasteiger charge is -2.29. The van der Waals surface area contributed by atoms with Crippen LogP contribution in [0.2, 0.25) is 0 Å². The van der Waals surface area contributed by atoms with Crippen molar-refractivity contribution in [2.75, 3.05) is 18.0 Å². The molecule has 8 heteroatoms. The zero-order valence-corrected chi connectivity index (χ0v) is 16.8. The van der Waals surface area contributed by atoms with Gasteiger partial charge in [-0.3, -0.25) is 18.8 Å².